The summed E-state index contributed by atoms with van der Waals surface area (Å²) >= 11 is 0. The normalized spacial score (nSPS) is 10.9. The molecule has 0 aliphatic carbocycles. The fourth-order valence-corrected chi connectivity index (χ4v) is 1.91. The number of nitrogens with zero attached hydrogens (tertiary/aromatic N) is 1. The van der Waals surface area contributed by atoms with Crippen LogP contribution in [0.5, 0.6) is 5.75 Å². The molecule has 0 heterocycles. The third kappa shape index (κ3) is 6.57. The lowest BCUT2D eigenvalue weighted by molar-refractivity contribution is 0.167. The van der Waals surface area contributed by atoms with Crippen LogP contribution in [0.3, 0.4) is 0 Å². The van der Waals surface area contributed by atoms with Gasteiger partial charge in [0.15, 0.2) is 0 Å². The number of aliphatic hydroxyl groups excluding tert-OH is 1. The Bertz CT molecular complexity index is 345. The van der Waals surface area contributed by atoms with Crippen molar-refractivity contribution in [2.24, 2.45) is 5.73 Å². The monoisotopic (exact) mass is 266 g/mol. The van der Waals surface area contributed by atoms with Crippen LogP contribution in [0, 0.1) is 0 Å². The summed E-state index contributed by atoms with van der Waals surface area (Å²) in [4.78, 5) is 2.23. The SMILES string of the molecule is CCCCN(CCO)CCOc1cccc(CN)c1. The predicted octanol–water partition coefficient (Wildman–Crippen LogP) is 1.62. The molecule has 1 rings (SSSR count). The highest BCUT2D eigenvalue weighted by atomic mass is 16.5. The van der Waals surface area contributed by atoms with Gasteiger partial charge in [0.25, 0.3) is 0 Å². The molecule has 0 unspecified atom stereocenters. The zero-order valence-electron chi connectivity index (χ0n) is 11.8. The highest BCUT2D eigenvalue weighted by Crippen LogP contribution is 2.12. The van der Waals surface area contributed by atoms with Gasteiger partial charge >= 0.3 is 0 Å². The third-order valence-electron chi connectivity index (χ3n) is 3.05. The third-order valence-corrected chi connectivity index (χ3v) is 3.05. The first-order valence-corrected chi connectivity index (χ1v) is 7.05. The molecule has 3 N–H and O–H groups in total. The molecule has 4 nitrogen and oxygen atoms in total. The summed E-state index contributed by atoms with van der Waals surface area (Å²) in [6.45, 7) is 6.11. The van der Waals surface area contributed by atoms with Gasteiger partial charge in [-0.1, -0.05) is 25.5 Å². The van der Waals surface area contributed by atoms with Crippen molar-refractivity contribution in [1.29, 1.82) is 0 Å². The fraction of sp³-hybridized carbons (Fsp3) is 0.600. The van der Waals surface area contributed by atoms with Crippen molar-refractivity contribution in [2.75, 3.05) is 32.8 Å². The molecule has 0 saturated heterocycles. The summed E-state index contributed by atoms with van der Waals surface area (Å²) in [5, 5.41) is 9.02. The van der Waals surface area contributed by atoms with E-state index < -0.39 is 0 Å². The molecule has 0 aliphatic rings. The number of nitrogens with two attached hydrogens (primary N) is 1. The Morgan fingerprint density at radius 2 is 2.11 bits per heavy atom. The molecule has 0 amide bonds. The van der Waals surface area contributed by atoms with Crippen molar-refractivity contribution < 1.29 is 9.84 Å². The molecule has 0 spiro atoms. The van der Waals surface area contributed by atoms with Crippen molar-refractivity contribution in [3.8, 4) is 5.75 Å². The Morgan fingerprint density at radius 3 is 2.79 bits per heavy atom. The Hall–Kier alpha value is -1.10. The van der Waals surface area contributed by atoms with E-state index in [1.54, 1.807) is 0 Å². The van der Waals surface area contributed by atoms with Gasteiger partial charge in [0.1, 0.15) is 12.4 Å². The summed E-state index contributed by atoms with van der Waals surface area (Å²) in [6, 6.07) is 7.87. The second kappa shape index (κ2) is 9.78. The molecule has 0 fully saturated rings. The van der Waals surface area contributed by atoms with E-state index >= 15 is 0 Å². The molecule has 0 saturated carbocycles. The first kappa shape index (κ1) is 16.0. The number of rotatable bonds is 10. The van der Waals surface area contributed by atoms with E-state index in [-0.39, 0.29) is 6.61 Å². The number of hydrogen-bond donors (Lipinski definition) is 2. The molecule has 108 valence electrons. The van der Waals surface area contributed by atoms with Gasteiger partial charge in [-0.3, -0.25) is 4.90 Å². The van der Waals surface area contributed by atoms with Gasteiger partial charge in [-0.05, 0) is 30.7 Å². The lowest BCUT2D eigenvalue weighted by Crippen LogP contribution is -2.32. The summed E-state index contributed by atoms with van der Waals surface area (Å²) in [6.07, 6.45) is 2.32. The second-order valence-electron chi connectivity index (χ2n) is 4.62. The first-order valence-electron chi connectivity index (χ1n) is 7.05. The molecule has 1 aromatic rings. The number of benzene rings is 1. The Morgan fingerprint density at radius 1 is 1.26 bits per heavy atom. The molecule has 0 aliphatic heterocycles. The number of ether oxygens (including phenoxy) is 1. The minimum Gasteiger partial charge on any atom is -0.492 e. The van der Waals surface area contributed by atoms with E-state index in [1.807, 2.05) is 24.3 Å². The van der Waals surface area contributed by atoms with Crippen molar-refractivity contribution in [3.05, 3.63) is 29.8 Å². The highest BCUT2D eigenvalue weighted by Gasteiger charge is 2.04. The molecule has 19 heavy (non-hydrogen) atoms. The van der Waals surface area contributed by atoms with E-state index in [1.165, 1.54) is 6.42 Å². The van der Waals surface area contributed by atoms with Crippen molar-refractivity contribution in [1.82, 2.24) is 4.90 Å². The Labute approximate surface area is 116 Å². The fourth-order valence-electron chi connectivity index (χ4n) is 1.91. The van der Waals surface area contributed by atoms with Crippen LogP contribution in [0.1, 0.15) is 25.3 Å². The van der Waals surface area contributed by atoms with Crippen molar-refractivity contribution in [2.45, 2.75) is 26.3 Å². The lowest BCUT2D eigenvalue weighted by Gasteiger charge is -2.21. The molecule has 0 atom stereocenters. The van der Waals surface area contributed by atoms with E-state index in [0.29, 0.717) is 19.7 Å². The van der Waals surface area contributed by atoms with Gasteiger partial charge in [0, 0.05) is 19.6 Å². The molecular weight excluding hydrogens is 240 g/mol. The van der Waals surface area contributed by atoms with E-state index in [4.69, 9.17) is 15.6 Å². The van der Waals surface area contributed by atoms with Crippen LogP contribution < -0.4 is 10.5 Å². The predicted molar refractivity (Wildman–Crippen MR) is 78.3 cm³/mol. The molecule has 1 aromatic carbocycles. The van der Waals surface area contributed by atoms with Gasteiger partial charge in [-0.25, -0.2) is 0 Å². The van der Waals surface area contributed by atoms with Gasteiger partial charge in [0.2, 0.25) is 0 Å². The molecule has 0 bridgehead atoms. The van der Waals surface area contributed by atoms with Gasteiger partial charge in [0.05, 0.1) is 6.61 Å². The van der Waals surface area contributed by atoms with Crippen LogP contribution in [-0.2, 0) is 6.54 Å². The molecule has 4 heteroatoms. The van der Waals surface area contributed by atoms with Crippen molar-refractivity contribution in [3.63, 3.8) is 0 Å². The van der Waals surface area contributed by atoms with Crippen LogP contribution in [0.2, 0.25) is 0 Å². The summed E-state index contributed by atoms with van der Waals surface area (Å²) in [7, 11) is 0. The number of hydrogen-bond acceptors (Lipinski definition) is 4. The van der Waals surface area contributed by atoms with Crippen LogP contribution in [-0.4, -0.2) is 42.9 Å². The molecule has 0 aromatic heterocycles. The maximum atomic E-state index is 9.02. The number of aliphatic hydroxyl groups is 1. The Kier molecular flexibility index (Phi) is 8.21. The largest absolute Gasteiger partial charge is 0.492 e. The minimum absolute atomic E-state index is 0.201. The summed E-state index contributed by atoms with van der Waals surface area (Å²) < 4.78 is 5.73. The van der Waals surface area contributed by atoms with E-state index in [2.05, 4.69) is 11.8 Å². The smallest absolute Gasteiger partial charge is 0.119 e. The average Bonchev–Trinajstić information content (AvgIpc) is 2.45. The second-order valence-corrected chi connectivity index (χ2v) is 4.62. The summed E-state index contributed by atoms with van der Waals surface area (Å²) in [5.41, 5.74) is 6.68. The minimum atomic E-state index is 0.201. The maximum Gasteiger partial charge on any atom is 0.119 e. The topological polar surface area (TPSA) is 58.7 Å². The van der Waals surface area contributed by atoms with Crippen LogP contribution >= 0.6 is 0 Å². The number of unbranched alkanes of at least 4 members (excludes halogenated alkanes) is 1. The standard InChI is InChI=1S/C15H26N2O2/c1-2-3-7-17(8-10-18)9-11-19-15-6-4-5-14(12-15)13-16/h4-6,12,18H,2-3,7-11,13,16H2,1H3. The maximum absolute atomic E-state index is 9.02. The molecular formula is C15H26N2O2. The van der Waals surface area contributed by atoms with Gasteiger partial charge in [-0.2, -0.15) is 0 Å². The van der Waals surface area contributed by atoms with E-state index in [9.17, 15) is 0 Å². The lowest BCUT2D eigenvalue weighted by atomic mass is 10.2. The van der Waals surface area contributed by atoms with Gasteiger partial charge < -0.3 is 15.6 Å². The summed E-state index contributed by atoms with van der Waals surface area (Å²) in [5.74, 6) is 0.863. The zero-order valence-corrected chi connectivity index (χ0v) is 11.8. The Balaban J connectivity index is 2.33. The van der Waals surface area contributed by atoms with Crippen LogP contribution in [0.25, 0.3) is 0 Å². The quantitative estimate of drug-likeness (QED) is 0.675. The highest BCUT2D eigenvalue weighted by molar-refractivity contribution is 5.28. The average molecular weight is 266 g/mol. The zero-order chi connectivity index (χ0) is 13.9. The van der Waals surface area contributed by atoms with E-state index in [0.717, 1.165) is 30.8 Å². The van der Waals surface area contributed by atoms with Crippen LogP contribution in [0.4, 0.5) is 0 Å². The molecule has 0 radical (unpaired) electrons. The van der Waals surface area contributed by atoms with Gasteiger partial charge in [-0.15, -0.1) is 0 Å². The van der Waals surface area contributed by atoms with Crippen LogP contribution in [0.15, 0.2) is 24.3 Å². The van der Waals surface area contributed by atoms with Crippen molar-refractivity contribution >= 4 is 0 Å². The first-order chi connectivity index (χ1) is 9.30.